The van der Waals surface area contributed by atoms with Crippen LogP contribution in [0.3, 0.4) is 0 Å². The number of amides is 3. The summed E-state index contributed by atoms with van der Waals surface area (Å²) in [7, 11) is 0. The van der Waals surface area contributed by atoms with E-state index in [0.717, 1.165) is 4.90 Å². The Morgan fingerprint density at radius 1 is 1.38 bits per heavy atom. The van der Waals surface area contributed by atoms with Crippen molar-refractivity contribution in [3.8, 4) is 5.75 Å². The molecule has 0 aliphatic carbocycles. The van der Waals surface area contributed by atoms with E-state index in [4.69, 9.17) is 9.84 Å². The fraction of sp³-hybridized carbons (Fsp3) is 0.357. The number of rotatable bonds is 5. The molecule has 1 heterocycles. The molecule has 1 fully saturated rings. The minimum Gasteiger partial charge on any atom is -0.492 e. The van der Waals surface area contributed by atoms with Gasteiger partial charge in [-0.15, -0.1) is 0 Å². The number of carbonyl (C=O) groups excluding carboxylic acids is 2. The molecule has 1 saturated heterocycles. The van der Waals surface area contributed by atoms with Gasteiger partial charge in [-0.05, 0) is 32.0 Å². The first-order chi connectivity index (χ1) is 9.81. The van der Waals surface area contributed by atoms with Crippen LogP contribution >= 0.6 is 0 Å². The summed E-state index contributed by atoms with van der Waals surface area (Å²) in [5, 5.41) is 11.4. The SMILES string of the molecule is CC1(C)NC(=O)N(CCOc2cccc(C(=O)O)c2)C1=O. The number of carbonyl (C=O) groups is 3. The van der Waals surface area contributed by atoms with Crippen LogP contribution in [0.2, 0.25) is 0 Å². The van der Waals surface area contributed by atoms with Gasteiger partial charge in [-0.2, -0.15) is 0 Å². The predicted octanol–water partition coefficient (Wildman–Crippen LogP) is 1.09. The molecule has 1 aliphatic heterocycles. The Morgan fingerprint density at radius 3 is 2.67 bits per heavy atom. The third-order valence-corrected chi connectivity index (χ3v) is 3.11. The van der Waals surface area contributed by atoms with Gasteiger partial charge in [0.1, 0.15) is 17.9 Å². The number of urea groups is 1. The third-order valence-electron chi connectivity index (χ3n) is 3.11. The Morgan fingerprint density at radius 2 is 2.10 bits per heavy atom. The van der Waals surface area contributed by atoms with Crippen LogP contribution in [0.4, 0.5) is 4.79 Å². The van der Waals surface area contributed by atoms with E-state index in [0.29, 0.717) is 5.75 Å². The first-order valence-corrected chi connectivity index (χ1v) is 6.41. The zero-order chi connectivity index (χ0) is 15.6. The molecule has 1 aliphatic rings. The minimum absolute atomic E-state index is 0.0955. The summed E-state index contributed by atoms with van der Waals surface area (Å²) < 4.78 is 5.39. The lowest BCUT2D eigenvalue weighted by Crippen LogP contribution is -2.40. The summed E-state index contributed by atoms with van der Waals surface area (Å²) in [5.41, 5.74) is -0.788. The Hall–Kier alpha value is -2.57. The van der Waals surface area contributed by atoms with E-state index in [1.165, 1.54) is 12.1 Å². The zero-order valence-corrected chi connectivity index (χ0v) is 11.8. The van der Waals surface area contributed by atoms with Crippen LogP contribution in [0.15, 0.2) is 24.3 Å². The topological polar surface area (TPSA) is 95.9 Å². The van der Waals surface area contributed by atoms with Crippen LogP contribution in [0.5, 0.6) is 5.75 Å². The highest BCUT2D eigenvalue weighted by atomic mass is 16.5. The molecule has 1 aromatic rings. The standard InChI is InChI=1S/C14H16N2O5/c1-14(2)12(19)16(13(20)15-14)6-7-21-10-5-3-4-9(8-10)11(17)18/h3-5,8H,6-7H2,1-2H3,(H,15,20)(H,17,18). The monoisotopic (exact) mass is 292 g/mol. The molecule has 112 valence electrons. The number of hydrogen-bond donors (Lipinski definition) is 2. The lowest BCUT2D eigenvalue weighted by Gasteiger charge is -2.16. The average molecular weight is 292 g/mol. The maximum absolute atomic E-state index is 11.9. The van der Waals surface area contributed by atoms with Crippen molar-refractivity contribution in [1.82, 2.24) is 10.2 Å². The number of carboxylic acid groups (broad SMARTS) is 1. The van der Waals surface area contributed by atoms with Crippen molar-refractivity contribution in [2.75, 3.05) is 13.2 Å². The normalized spacial score (nSPS) is 16.8. The largest absolute Gasteiger partial charge is 0.492 e. The zero-order valence-electron chi connectivity index (χ0n) is 11.8. The van der Waals surface area contributed by atoms with Crippen molar-refractivity contribution in [2.24, 2.45) is 0 Å². The lowest BCUT2D eigenvalue weighted by molar-refractivity contribution is -0.130. The first-order valence-electron chi connectivity index (χ1n) is 6.41. The second-order valence-electron chi connectivity index (χ2n) is 5.19. The number of benzene rings is 1. The van der Waals surface area contributed by atoms with Crippen molar-refractivity contribution in [3.63, 3.8) is 0 Å². The average Bonchev–Trinajstić information content (AvgIpc) is 2.61. The van der Waals surface area contributed by atoms with Gasteiger partial charge in [-0.25, -0.2) is 9.59 Å². The van der Waals surface area contributed by atoms with E-state index >= 15 is 0 Å². The molecule has 7 nitrogen and oxygen atoms in total. The molecular weight excluding hydrogens is 276 g/mol. The number of aromatic carboxylic acids is 1. The van der Waals surface area contributed by atoms with Crippen LogP contribution in [-0.2, 0) is 4.79 Å². The molecule has 2 rings (SSSR count). The second kappa shape index (κ2) is 5.43. The number of hydrogen-bond acceptors (Lipinski definition) is 4. The van der Waals surface area contributed by atoms with Gasteiger partial charge >= 0.3 is 12.0 Å². The van der Waals surface area contributed by atoms with Gasteiger partial charge in [0, 0.05) is 0 Å². The van der Waals surface area contributed by atoms with Gasteiger partial charge in [0.25, 0.3) is 5.91 Å². The van der Waals surface area contributed by atoms with E-state index in [-0.39, 0.29) is 24.6 Å². The van der Waals surface area contributed by atoms with Crippen molar-refractivity contribution in [3.05, 3.63) is 29.8 Å². The summed E-state index contributed by atoms with van der Waals surface area (Å²) >= 11 is 0. The van der Waals surface area contributed by atoms with Gasteiger partial charge in [-0.3, -0.25) is 9.69 Å². The van der Waals surface area contributed by atoms with E-state index in [1.807, 2.05) is 0 Å². The molecule has 1 aromatic carbocycles. The maximum Gasteiger partial charge on any atom is 0.335 e. The highest BCUT2D eigenvalue weighted by molar-refractivity contribution is 6.06. The number of nitrogens with one attached hydrogen (secondary N) is 1. The van der Waals surface area contributed by atoms with Gasteiger partial charge in [0.2, 0.25) is 0 Å². The van der Waals surface area contributed by atoms with Gasteiger partial charge in [0.05, 0.1) is 12.1 Å². The number of carboxylic acids is 1. The minimum atomic E-state index is -1.05. The highest BCUT2D eigenvalue weighted by Gasteiger charge is 2.43. The highest BCUT2D eigenvalue weighted by Crippen LogP contribution is 2.17. The summed E-state index contributed by atoms with van der Waals surface area (Å²) in [6, 6.07) is 5.57. The molecule has 0 aromatic heterocycles. The fourth-order valence-electron chi connectivity index (χ4n) is 1.99. The third kappa shape index (κ3) is 3.13. The van der Waals surface area contributed by atoms with Crippen LogP contribution in [-0.4, -0.2) is 46.6 Å². The molecule has 21 heavy (non-hydrogen) atoms. The fourth-order valence-corrected chi connectivity index (χ4v) is 1.99. The molecule has 0 spiro atoms. The van der Waals surface area contributed by atoms with Crippen molar-refractivity contribution < 1.29 is 24.2 Å². The molecule has 7 heteroatoms. The number of ether oxygens (including phenoxy) is 1. The van der Waals surface area contributed by atoms with Crippen LogP contribution in [0.1, 0.15) is 24.2 Å². The van der Waals surface area contributed by atoms with E-state index in [1.54, 1.807) is 26.0 Å². The van der Waals surface area contributed by atoms with Crippen molar-refractivity contribution in [1.29, 1.82) is 0 Å². The summed E-state index contributed by atoms with van der Waals surface area (Å²) in [4.78, 5) is 35.5. The molecule has 0 radical (unpaired) electrons. The Balaban J connectivity index is 1.93. The van der Waals surface area contributed by atoms with E-state index < -0.39 is 17.5 Å². The predicted molar refractivity (Wildman–Crippen MR) is 73.2 cm³/mol. The van der Waals surface area contributed by atoms with Crippen LogP contribution in [0, 0.1) is 0 Å². The van der Waals surface area contributed by atoms with E-state index in [9.17, 15) is 14.4 Å². The summed E-state index contributed by atoms with van der Waals surface area (Å²) in [6.07, 6.45) is 0. The molecular formula is C14H16N2O5. The van der Waals surface area contributed by atoms with Gasteiger partial charge in [0.15, 0.2) is 0 Å². The molecule has 3 amide bonds. The van der Waals surface area contributed by atoms with Gasteiger partial charge < -0.3 is 15.2 Å². The summed E-state index contributed by atoms with van der Waals surface area (Å²) in [5.74, 6) is -0.979. The number of nitrogens with zero attached hydrogens (tertiary/aromatic N) is 1. The van der Waals surface area contributed by atoms with Crippen molar-refractivity contribution in [2.45, 2.75) is 19.4 Å². The Labute approximate surface area is 121 Å². The van der Waals surface area contributed by atoms with E-state index in [2.05, 4.69) is 5.32 Å². The summed E-state index contributed by atoms with van der Waals surface area (Å²) in [6.45, 7) is 3.46. The molecule has 0 bridgehead atoms. The molecule has 2 N–H and O–H groups in total. The first kappa shape index (κ1) is 14.8. The Bertz CT molecular complexity index is 597. The smallest absolute Gasteiger partial charge is 0.335 e. The Kier molecular flexibility index (Phi) is 3.84. The molecule has 0 unspecified atom stereocenters. The molecule has 0 saturated carbocycles. The van der Waals surface area contributed by atoms with Crippen LogP contribution in [0.25, 0.3) is 0 Å². The molecule has 0 atom stereocenters. The second-order valence-corrected chi connectivity index (χ2v) is 5.19. The number of imide groups is 1. The quantitative estimate of drug-likeness (QED) is 0.792. The van der Waals surface area contributed by atoms with Crippen molar-refractivity contribution >= 4 is 17.9 Å². The lowest BCUT2D eigenvalue weighted by atomic mass is 10.1. The van der Waals surface area contributed by atoms with Crippen LogP contribution < -0.4 is 10.1 Å². The maximum atomic E-state index is 11.9. The van der Waals surface area contributed by atoms with Gasteiger partial charge in [-0.1, -0.05) is 6.07 Å².